The van der Waals surface area contributed by atoms with Crippen molar-refractivity contribution in [3.05, 3.63) is 77.5 Å². The molecule has 1 fully saturated rings. The first-order valence-electron chi connectivity index (χ1n) is 16.7. The van der Waals surface area contributed by atoms with Crippen molar-refractivity contribution in [1.29, 1.82) is 0 Å². The highest BCUT2D eigenvalue weighted by molar-refractivity contribution is 6.74. The topological polar surface area (TPSA) is 90.0 Å². The molecule has 1 N–H and O–H groups in total. The maximum absolute atomic E-state index is 13.9. The third-order valence-corrected chi connectivity index (χ3v) is 14.6. The molecule has 1 aliphatic carbocycles. The molecule has 0 bridgehead atoms. The fourth-order valence-electron chi connectivity index (χ4n) is 6.50. The number of amides is 1. The van der Waals surface area contributed by atoms with Crippen molar-refractivity contribution in [3.8, 4) is 22.8 Å². The maximum atomic E-state index is 13.9. The maximum Gasteiger partial charge on any atom is 0.288 e. The number of Topliss-reactive ketones (excluding diaryl/α,β-unsaturated/α-hetero) is 1. The van der Waals surface area contributed by atoms with Crippen LogP contribution in [0.15, 0.2) is 60.8 Å². The lowest BCUT2D eigenvalue weighted by Gasteiger charge is -2.42. The second-order valence-corrected chi connectivity index (χ2v) is 19.2. The summed E-state index contributed by atoms with van der Waals surface area (Å²) in [4.78, 5) is 34.6. The summed E-state index contributed by atoms with van der Waals surface area (Å²) in [6.07, 6.45) is 4.68. The van der Waals surface area contributed by atoms with Crippen LogP contribution in [-0.4, -0.2) is 68.8 Å². The second kappa shape index (κ2) is 13.3. The summed E-state index contributed by atoms with van der Waals surface area (Å²) < 4.78 is 18.9. The number of aromatic nitrogens is 1. The van der Waals surface area contributed by atoms with Crippen molar-refractivity contribution in [2.24, 2.45) is 5.92 Å². The van der Waals surface area contributed by atoms with Crippen LogP contribution in [0.5, 0.6) is 11.5 Å². The Labute approximate surface area is 274 Å². The van der Waals surface area contributed by atoms with Gasteiger partial charge in [-0.25, -0.2) is 0 Å². The van der Waals surface area contributed by atoms with E-state index in [2.05, 4.69) is 67.3 Å². The Bertz CT molecular complexity index is 1560. The van der Waals surface area contributed by atoms with E-state index >= 15 is 0 Å². The second-order valence-electron chi connectivity index (χ2n) is 14.5. The van der Waals surface area contributed by atoms with E-state index in [9.17, 15) is 9.59 Å². The highest BCUT2D eigenvalue weighted by Crippen LogP contribution is 2.42. The van der Waals surface area contributed by atoms with Gasteiger partial charge in [-0.2, -0.15) is 0 Å². The van der Waals surface area contributed by atoms with E-state index in [1.165, 1.54) is 0 Å². The Kier molecular flexibility index (Phi) is 9.37. The molecule has 8 nitrogen and oxygen atoms in total. The monoisotopic (exact) mass is 641 g/mol. The Morgan fingerprint density at radius 3 is 2.43 bits per heavy atom. The van der Waals surface area contributed by atoms with E-state index in [4.69, 9.17) is 13.9 Å². The minimum Gasteiger partial charge on any atom is -0.486 e. The lowest BCUT2D eigenvalue weighted by molar-refractivity contribution is -0.141. The molecule has 1 aromatic heterocycles. The van der Waals surface area contributed by atoms with E-state index in [0.717, 1.165) is 53.9 Å². The summed E-state index contributed by atoms with van der Waals surface area (Å²) in [5.74, 6) is 0.103. The molecule has 1 unspecified atom stereocenters. The molecule has 3 atom stereocenters. The van der Waals surface area contributed by atoms with Crippen LogP contribution >= 0.6 is 0 Å². The van der Waals surface area contributed by atoms with Crippen LogP contribution in [0.25, 0.3) is 11.3 Å². The number of fused-ring (bicyclic) bond motifs is 2. The normalized spacial score (nSPS) is 19.4. The zero-order chi connectivity index (χ0) is 32.5. The van der Waals surface area contributed by atoms with Crippen molar-refractivity contribution in [2.45, 2.75) is 76.7 Å². The zero-order valence-electron chi connectivity index (χ0n) is 27.8. The summed E-state index contributed by atoms with van der Waals surface area (Å²) in [5, 5.41) is 3.17. The molecule has 0 saturated carbocycles. The zero-order valence-corrected chi connectivity index (χ0v) is 28.8. The van der Waals surface area contributed by atoms with E-state index < -0.39 is 32.3 Å². The number of carbonyl (C=O) groups excluding carboxylic acids is 2. The number of nitrogens with zero attached hydrogens (tertiary/aromatic N) is 2. The van der Waals surface area contributed by atoms with E-state index in [0.29, 0.717) is 44.1 Å². The predicted molar refractivity (Wildman–Crippen MR) is 182 cm³/mol. The van der Waals surface area contributed by atoms with Crippen LogP contribution in [0, 0.1) is 5.92 Å². The molecule has 9 heteroatoms. The number of nitrogens with one attached hydrogen (secondary N) is 1. The molecule has 2 aliphatic heterocycles. The third kappa shape index (κ3) is 7.06. The first-order valence-corrected chi connectivity index (χ1v) is 19.6. The lowest BCUT2D eigenvalue weighted by Crippen LogP contribution is -2.53. The van der Waals surface area contributed by atoms with Gasteiger partial charge in [-0.15, -0.1) is 0 Å². The number of hydrogen-bond acceptors (Lipinski definition) is 7. The smallest absolute Gasteiger partial charge is 0.288 e. The number of likely N-dealkylation sites (tertiary alicyclic amines) is 1. The summed E-state index contributed by atoms with van der Waals surface area (Å²) in [5.41, 5.74) is 5.07. The lowest BCUT2D eigenvalue weighted by atomic mass is 9.97. The highest BCUT2D eigenvalue weighted by atomic mass is 28.4. The van der Waals surface area contributed by atoms with Gasteiger partial charge < -0.3 is 24.1 Å². The molecule has 2 aromatic carbocycles. The molecular formula is C37H47N3O5Si. The molecule has 6 rings (SSSR count). The van der Waals surface area contributed by atoms with Gasteiger partial charge in [0.15, 0.2) is 19.8 Å². The minimum absolute atomic E-state index is 0.0547. The average molecular weight is 642 g/mol. The number of pyridine rings is 1. The SMILES string of the molecule is CC(C)(C)[Si](C)(C)O[C@H](c1ccc2c(c1)OCCO2)[C@@H](CN1CCCC1)NC(=O)C(=O)C1Cc2ccc(-c3ccccn3)cc2C1. The van der Waals surface area contributed by atoms with Gasteiger partial charge in [-0.1, -0.05) is 45.0 Å². The molecule has 3 heterocycles. The van der Waals surface area contributed by atoms with Gasteiger partial charge >= 0.3 is 0 Å². The van der Waals surface area contributed by atoms with Gasteiger partial charge in [-0.3, -0.25) is 14.6 Å². The number of benzene rings is 2. The minimum atomic E-state index is -2.32. The standard InChI is InChI=1S/C37H47N3O5Si/c1-37(2,3)46(4,5)45-35(27-13-14-32-33(23-27)44-19-18-43-32)31(24-40-16-8-9-17-40)39-36(42)34(41)29-20-25-11-12-26(21-28(25)22-29)30-10-6-7-15-38-30/h6-7,10-15,21,23,29,31,35H,8-9,16-20,22,24H2,1-5H3,(H,39,42)/t29?,31-,35-/m1/s1. The number of carbonyl (C=O) groups is 2. The molecule has 0 spiro atoms. The van der Waals surface area contributed by atoms with Crippen LogP contribution in [0.3, 0.4) is 0 Å². The van der Waals surface area contributed by atoms with Gasteiger partial charge in [0.05, 0.1) is 17.8 Å². The van der Waals surface area contributed by atoms with Crippen molar-refractivity contribution >= 4 is 20.0 Å². The Hall–Kier alpha value is -3.53. The number of hydrogen-bond donors (Lipinski definition) is 1. The summed E-state index contributed by atoms with van der Waals surface area (Å²) in [6.45, 7) is 14.6. The summed E-state index contributed by atoms with van der Waals surface area (Å²) in [7, 11) is -2.32. The Balaban J connectivity index is 1.26. The molecule has 1 amide bonds. The van der Waals surface area contributed by atoms with Crippen molar-refractivity contribution in [1.82, 2.24) is 15.2 Å². The number of ether oxygens (including phenoxy) is 2. The van der Waals surface area contributed by atoms with E-state index in [-0.39, 0.29) is 10.8 Å². The molecule has 0 radical (unpaired) electrons. The fourth-order valence-corrected chi connectivity index (χ4v) is 7.78. The van der Waals surface area contributed by atoms with Crippen molar-refractivity contribution in [2.75, 3.05) is 32.8 Å². The van der Waals surface area contributed by atoms with Gasteiger partial charge in [0.25, 0.3) is 5.91 Å². The molecule has 1 saturated heterocycles. The van der Waals surface area contributed by atoms with E-state index in [1.807, 2.05) is 36.4 Å². The van der Waals surface area contributed by atoms with Gasteiger partial charge in [-0.05, 0) is 104 Å². The summed E-state index contributed by atoms with van der Waals surface area (Å²) in [6, 6.07) is 17.6. The van der Waals surface area contributed by atoms with E-state index in [1.54, 1.807) is 6.20 Å². The van der Waals surface area contributed by atoms with Gasteiger partial charge in [0, 0.05) is 24.2 Å². The molecule has 3 aliphatic rings. The number of rotatable bonds is 10. The Morgan fingerprint density at radius 1 is 0.978 bits per heavy atom. The summed E-state index contributed by atoms with van der Waals surface area (Å²) >= 11 is 0. The predicted octanol–water partition coefficient (Wildman–Crippen LogP) is 6.15. The Morgan fingerprint density at radius 2 is 1.72 bits per heavy atom. The molecule has 244 valence electrons. The van der Waals surface area contributed by atoms with Crippen LogP contribution in [0.4, 0.5) is 0 Å². The van der Waals surface area contributed by atoms with Gasteiger partial charge in [0.1, 0.15) is 13.2 Å². The van der Waals surface area contributed by atoms with Crippen LogP contribution < -0.4 is 14.8 Å². The third-order valence-electron chi connectivity index (χ3n) is 10.2. The van der Waals surface area contributed by atoms with Gasteiger partial charge in [0.2, 0.25) is 5.78 Å². The molecular weight excluding hydrogens is 595 g/mol. The fraction of sp³-hybridized carbons (Fsp3) is 0.486. The first kappa shape index (κ1) is 32.4. The molecule has 3 aromatic rings. The first-order chi connectivity index (χ1) is 22.0. The molecule has 46 heavy (non-hydrogen) atoms. The van der Waals surface area contributed by atoms with Crippen LogP contribution in [-0.2, 0) is 26.9 Å². The average Bonchev–Trinajstić information content (AvgIpc) is 3.72. The van der Waals surface area contributed by atoms with Crippen LogP contribution in [0.1, 0.15) is 56.4 Å². The van der Waals surface area contributed by atoms with Crippen LogP contribution in [0.2, 0.25) is 18.1 Å². The van der Waals surface area contributed by atoms with Crippen molar-refractivity contribution < 1.29 is 23.5 Å². The quantitative estimate of drug-likeness (QED) is 0.210. The van der Waals surface area contributed by atoms with Crippen molar-refractivity contribution in [3.63, 3.8) is 0 Å². The highest BCUT2D eigenvalue weighted by Gasteiger charge is 2.43. The number of ketones is 1. The largest absolute Gasteiger partial charge is 0.486 e.